The molecular weight excluding hydrogens is 420 g/mol. The Kier molecular flexibility index (Phi) is 7.85. The molecule has 1 amide bonds. The van der Waals surface area contributed by atoms with Gasteiger partial charge < -0.3 is 20.3 Å². The van der Waals surface area contributed by atoms with E-state index in [1.807, 2.05) is 36.4 Å². The summed E-state index contributed by atoms with van der Waals surface area (Å²) >= 11 is 5.62. The summed E-state index contributed by atoms with van der Waals surface area (Å²) in [5.74, 6) is 0.680. The highest BCUT2D eigenvalue weighted by molar-refractivity contribution is 7.81. The predicted molar refractivity (Wildman–Crippen MR) is 133 cm³/mol. The van der Waals surface area contributed by atoms with Crippen molar-refractivity contribution in [1.29, 1.82) is 0 Å². The minimum atomic E-state index is -0.0800. The molecule has 0 saturated heterocycles. The van der Waals surface area contributed by atoms with Gasteiger partial charge >= 0.3 is 0 Å². The zero-order valence-corrected chi connectivity index (χ0v) is 20.1. The number of likely N-dealkylation sites (N-methyl/N-ethyl adjacent to an activating group) is 1. The van der Waals surface area contributed by atoms with Crippen LogP contribution < -0.4 is 15.4 Å². The van der Waals surface area contributed by atoms with E-state index < -0.39 is 0 Å². The molecule has 0 saturated carbocycles. The molecule has 2 N–H and O–H groups in total. The number of nitrogens with zero attached hydrogens (tertiary/aromatic N) is 2. The average molecular weight is 453 g/mol. The van der Waals surface area contributed by atoms with Crippen LogP contribution in [0.1, 0.15) is 39.2 Å². The molecule has 1 aliphatic heterocycles. The van der Waals surface area contributed by atoms with Gasteiger partial charge in [-0.05, 0) is 30.0 Å². The van der Waals surface area contributed by atoms with Crippen molar-refractivity contribution in [3.63, 3.8) is 0 Å². The molecule has 1 aromatic heterocycles. The van der Waals surface area contributed by atoms with Crippen LogP contribution in [0.2, 0.25) is 0 Å². The Morgan fingerprint density at radius 3 is 2.69 bits per heavy atom. The van der Waals surface area contributed by atoms with Crippen LogP contribution in [0.4, 0.5) is 5.69 Å². The van der Waals surface area contributed by atoms with Crippen molar-refractivity contribution < 1.29 is 9.53 Å². The first-order valence-corrected chi connectivity index (χ1v) is 11.3. The highest BCUT2D eigenvalue weighted by Crippen LogP contribution is 2.24. The molecule has 3 rings (SSSR count). The summed E-state index contributed by atoms with van der Waals surface area (Å²) in [7, 11) is 1.80. The number of rotatable bonds is 8. The highest BCUT2D eigenvalue weighted by Gasteiger charge is 2.28. The third kappa shape index (κ3) is 6.53. The maximum Gasteiger partial charge on any atom is 0.258 e. The molecule has 1 aromatic carbocycles. The van der Waals surface area contributed by atoms with Gasteiger partial charge in [0, 0.05) is 49.7 Å². The van der Waals surface area contributed by atoms with E-state index in [4.69, 9.17) is 17.0 Å². The minimum Gasteiger partial charge on any atom is -0.492 e. The standard InChI is InChI=1S/C25H32N4O2S/c1-25(2,3)12-15-31-21-17-26-13-10-18(21)16-27-20-11-14-29(4)24(30)22(20)23(32)28-19-8-6-5-7-9-19/h5-10,13,17,27H,11-12,14-16H2,1-4H3,(H,28,32). The number of ether oxygens (including phenoxy) is 1. The number of benzene rings is 1. The van der Waals surface area contributed by atoms with Gasteiger partial charge in [-0.15, -0.1) is 0 Å². The summed E-state index contributed by atoms with van der Waals surface area (Å²) in [5, 5.41) is 6.65. The van der Waals surface area contributed by atoms with Crippen LogP contribution in [-0.4, -0.2) is 41.0 Å². The average Bonchev–Trinajstić information content (AvgIpc) is 2.75. The molecule has 0 aliphatic carbocycles. The summed E-state index contributed by atoms with van der Waals surface area (Å²) < 4.78 is 6.01. The zero-order valence-electron chi connectivity index (χ0n) is 19.3. The van der Waals surface area contributed by atoms with Crippen molar-refractivity contribution in [2.24, 2.45) is 5.41 Å². The fourth-order valence-corrected chi connectivity index (χ4v) is 3.63. The molecule has 6 nitrogen and oxygen atoms in total. The van der Waals surface area contributed by atoms with Crippen molar-refractivity contribution in [2.45, 2.75) is 40.2 Å². The normalized spacial score (nSPS) is 14.4. The third-order valence-electron chi connectivity index (χ3n) is 5.29. The molecule has 7 heteroatoms. The molecule has 0 fully saturated rings. The summed E-state index contributed by atoms with van der Waals surface area (Å²) in [6.45, 7) is 8.38. The number of carbonyl (C=O) groups is 1. The molecule has 0 bridgehead atoms. The molecule has 1 aliphatic rings. The molecule has 170 valence electrons. The molecule has 0 radical (unpaired) electrons. The number of hydrogen-bond donors (Lipinski definition) is 2. The van der Waals surface area contributed by atoms with Gasteiger partial charge in [0.15, 0.2) is 0 Å². The van der Waals surface area contributed by atoms with Gasteiger partial charge in [-0.1, -0.05) is 51.2 Å². The van der Waals surface area contributed by atoms with Crippen LogP contribution >= 0.6 is 12.2 Å². The Bertz CT molecular complexity index is 983. The van der Waals surface area contributed by atoms with E-state index in [1.54, 1.807) is 24.3 Å². The Morgan fingerprint density at radius 2 is 1.97 bits per heavy atom. The molecule has 2 heterocycles. The molecule has 0 atom stereocenters. The lowest BCUT2D eigenvalue weighted by Gasteiger charge is -2.29. The van der Waals surface area contributed by atoms with Gasteiger partial charge in [-0.25, -0.2) is 0 Å². The highest BCUT2D eigenvalue weighted by atomic mass is 32.1. The van der Waals surface area contributed by atoms with Crippen molar-refractivity contribution in [1.82, 2.24) is 15.2 Å². The van der Waals surface area contributed by atoms with Crippen LogP contribution in [0.5, 0.6) is 5.75 Å². The molecule has 0 unspecified atom stereocenters. The van der Waals surface area contributed by atoms with E-state index in [0.717, 1.165) is 29.1 Å². The molecule has 0 spiro atoms. The maximum atomic E-state index is 12.9. The maximum absolute atomic E-state index is 12.9. The number of pyridine rings is 1. The number of hydrogen-bond acceptors (Lipinski definition) is 5. The quantitative estimate of drug-likeness (QED) is 0.573. The Labute approximate surface area is 196 Å². The minimum absolute atomic E-state index is 0.0800. The second-order valence-corrected chi connectivity index (χ2v) is 9.55. The lowest BCUT2D eigenvalue weighted by Crippen LogP contribution is -2.40. The summed E-state index contributed by atoms with van der Waals surface area (Å²) in [6.07, 6.45) is 5.16. The smallest absolute Gasteiger partial charge is 0.258 e. The summed E-state index contributed by atoms with van der Waals surface area (Å²) in [6, 6.07) is 11.6. The summed E-state index contributed by atoms with van der Waals surface area (Å²) in [5.41, 5.74) is 3.42. The van der Waals surface area contributed by atoms with E-state index in [2.05, 4.69) is 36.4 Å². The van der Waals surface area contributed by atoms with Gasteiger partial charge in [0.05, 0.1) is 18.4 Å². The first-order chi connectivity index (χ1) is 15.2. The zero-order chi connectivity index (χ0) is 23.1. The predicted octanol–water partition coefficient (Wildman–Crippen LogP) is 4.54. The fraction of sp³-hybridized carbons (Fsp3) is 0.400. The van der Waals surface area contributed by atoms with Gasteiger partial charge in [0.25, 0.3) is 5.91 Å². The monoisotopic (exact) mass is 452 g/mol. The second-order valence-electron chi connectivity index (χ2n) is 9.15. The van der Waals surface area contributed by atoms with Crippen LogP contribution in [0, 0.1) is 5.41 Å². The number of aromatic nitrogens is 1. The van der Waals surface area contributed by atoms with E-state index in [9.17, 15) is 4.79 Å². The summed E-state index contributed by atoms with van der Waals surface area (Å²) in [4.78, 5) is 19.3. The largest absolute Gasteiger partial charge is 0.492 e. The van der Waals surface area contributed by atoms with Gasteiger partial charge in [-0.2, -0.15) is 0 Å². The van der Waals surface area contributed by atoms with Crippen LogP contribution in [0.15, 0.2) is 60.1 Å². The number of anilines is 1. The van der Waals surface area contributed by atoms with E-state index in [1.165, 1.54) is 0 Å². The van der Waals surface area contributed by atoms with E-state index >= 15 is 0 Å². The van der Waals surface area contributed by atoms with E-state index in [-0.39, 0.29) is 11.3 Å². The Morgan fingerprint density at radius 1 is 1.22 bits per heavy atom. The van der Waals surface area contributed by atoms with Gasteiger partial charge in [0.2, 0.25) is 0 Å². The molecule has 2 aromatic rings. The molecular formula is C25H32N4O2S. The topological polar surface area (TPSA) is 66.5 Å². The number of amides is 1. The van der Waals surface area contributed by atoms with Gasteiger partial charge in [-0.3, -0.25) is 9.78 Å². The van der Waals surface area contributed by atoms with Crippen LogP contribution in [0.3, 0.4) is 0 Å². The lowest BCUT2D eigenvalue weighted by atomic mass is 9.93. The number of thiocarbonyl (C=S) groups is 1. The number of nitrogens with one attached hydrogen (secondary N) is 2. The van der Waals surface area contributed by atoms with Crippen molar-refractivity contribution in [2.75, 3.05) is 25.5 Å². The van der Waals surface area contributed by atoms with Crippen LogP contribution in [-0.2, 0) is 11.3 Å². The number of carbonyl (C=O) groups excluding carboxylic acids is 1. The third-order valence-corrected chi connectivity index (χ3v) is 5.60. The first-order valence-electron chi connectivity index (χ1n) is 10.9. The van der Waals surface area contributed by atoms with Crippen LogP contribution in [0.25, 0.3) is 0 Å². The second kappa shape index (κ2) is 10.6. The fourth-order valence-electron chi connectivity index (χ4n) is 3.31. The molecule has 32 heavy (non-hydrogen) atoms. The Hall–Kier alpha value is -2.93. The number of para-hydroxylation sites is 1. The van der Waals surface area contributed by atoms with Crippen molar-refractivity contribution in [3.8, 4) is 5.75 Å². The lowest BCUT2D eigenvalue weighted by molar-refractivity contribution is -0.126. The van der Waals surface area contributed by atoms with Crippen molar-refractivity contribution >= 4 is 28.8 Å². The SMILES string of the molecule is CN1CCC(NCc2ccncc2OCCC(C)(C)C)=C(C(=S)Nc2ccccc2)C1=O. The van der Waals surface area contributed by atoms with Gasteiger partial charge in [0.1, 0.15) is 10.7 Å². The Balaban J connectivity index is 1.75. The van der Waals surface area contributed by atoms with Crippen molar-refractivity contribution in [3.05, 3.63) is 65.6 Å². The first kappa shape index (κ1) is 23.7. The van der Waals surface area contributed by atoms with E-state index in [0.29, 0.717) is 36.7 Å².